The molecule has 0 radical (unpaired) electrons. The van der Waals surface area contributed by atoms with Crippen LogP contribution < -0.4 is 10.6 Å². The highest BCUT2D eigenvalue weighted by atomic mass is 35.5. The van der Waals surface area contributed by atoms with Crippen LogP contribution in [-0.2, 0) is 20.8 Å². The van der Waals surface area contributed by atoms with Crippen LogP contribution in [0, 0.1) is 0 Å². The molecule has 180 valence electrons. The average Bonchev–Trinajstić information content (AvgIpc) is 3.16. The van der Waals surface area contributed by atoms with Crippen LogP contribution in [0.4, 0.5) is 5.95 Å². The predicted octanol–water partition coefficient (Wildman–Crippen LogP) is 2.98. The molecule has 0 bridgehead atoms. The minimum Gasteiger partial charge on any atom is -0.381 e. The Morgan fingerprint density at radius 2 is 1.97 bits per heavy atom. The van der Waals surface area contributed by atoms with Crippen LogP contribution >= 0.6 is 11.6 Å². The van der Waals surface area contributed by atoms with Gasteiger partial charge in [0.25, 0.3) is 5.91 Å². The minimum atomic E-state index is -0.369. The van der Waals surface area contributed by atoms with Crippen molar-refractivity contribution < 1.29 is 19.1 Å². The van der Waals surface area contributed by atoms with Crippen molar-refractivity contribution in [3.8, 4) is 11.3 Å². The van der Waals surface area contributed by atoms with Gasteiger partial charge in [-0.2, -0.15) is 0 Å². The van der Waals surface area contributed by atoms with Gasteiger partial charge in [0.15, 0.2) is 0 Å². The number of anilines is 1. The lowest BCUT2D eigenvalue weighted by Gasteiger charge is -2.35. The van der Waals surface area contributed by atoms with Gasteiger partial charge in [-0.05, 0) is 30.9 Å². The summed E-state index contributed by atoms with van der Waals surface area (Å²) in [5.41, 5.74) is 2.90. The maximum atomic E-state index is 13.3. The third-order valence-corrected chi connectivity index (χ3v) is 6.81. The summed E-state index contributed by atoms with van der Waals surface area (Å²) in [5.74, 6) is 0.356. The molecule has 0 spiro atoms. The van der Waals surface area contributed by atoms with Gasteiger partial charge in [-0.15, -0.1) is 0 Å². The summed E-state index contributed by atoms with van der Waals surface area (Å²) in [7, 11) is 0. The summed E-state index contributed by atoms with van der Waals surface area (Å²) in [6.07, 6.45) is 4.33. The molecule has 1 aromatic carbocycles. The van der Waals surface area contributed by atoms with Crippen LogP contribution in [0.5, 0.6) is 0 Å². The van der Waals surface area contributed by atoms with Crippen molar-refractivity contribution >= 4 is 29.4 Å². The largest absolute Gasteiger partial charge is 0.381 e. The van der Waals surface area contributed by atoms with E-state index in [0.29, 0.717) is 41.8 Å². The van der Waals surface area contributed by atoms with E-state index in [1.54, 1.807) is 11.1 Å². The van der Waals surface area contributed by atoms with E-state index in [0.717, 1.165) is 43.6 Å². The van der Waals surface area contributed by atoms with Crippen molar-refractivity contribution in [1.29, 1.82) is 0 Å². The first-order valence-electron chi connectivity index (χ1n) is 11.7. The zero-order chi connectivity index (χ0) is 23.7. The SMILES string of the molecule is CC(=O)NC1CCOC(N2Cc3ccc(-c4nc(NC5CCOCC5)ncc4Cl)cc3C2=O)C1. The number of rotatable bonds is 5. The molecule has 2 fully saturated rings. The Morgan fingerprint density at radius 3 is 2.76 bits per heavy atom. The monoisotopic (exact) mass is 485 g/mol. The number of aromatic nitrogens is 2. The molecule has 2 saturated heterocycles. The normalized spacial score (nSPS) is 23.0. The summed E-state index contributed by atoms with van der Waals surface area (Å²) in [5, 5.41) is 6.73. The van der Waals surface area contributed by atoms with Crippen LogP contribution in [0.25, 0.3) is 11.3 Å². The van der Waals surface area contributed by atoms with Crippen LogP contribution in [0.15, 0.2) is 24.4 Å². The van der Waals surface area contributed by atoms with Crippen molar-refractivity contribution in [3.63, 3.8) is 0 Å². The van der Waals surface area contributed by atoms with Gasteiger partial charge < -0.3 is 25.0 Å². The van der Waals surface area contributed by atoms with Gasteiger partial charge in [0.05, 0.1) is 23.5 Å². The van der Waals surface area contributed by atoms with Gasteiger partial charge in [0.2, 0.25) is 11.9 Å². The summed E-state index contributed by atoms with van der Waals surface area (Å²) in [6.45, 7) is 3.92. The van der Waals surface area contributed by atoms with E-state index < -0.39 is 0 Å². The quantitative estimate of drug-likeness (QED) is 0.670. The van der Waals surface area contributed by atoms with E-state index in [1.165, 1.54) is 6.92 Å². The van der Waals surface area contributed by atoms with Crippen molar-refractivity contribution in [2.75, 3.05) is 25.1 Å². The molecule has 0 saturated carbocycles. The Bertz CT molecular complexity index is 1090. The summed E-state index contributed by atoms with van der Waals surface area (Å²) < 4.78 is 11.3. The first-order valence-corrected chi connectivity index (χ1v) is 12.1. The van der Waals surface area contributed by atoms with Crippen LogP contribution in [0.1, 0.15) is 48.5 Å². The Labute approximate surface area is 203 Å². The van der Waals surface area contributed by atoms with Crippen LogP contribution in [0.3, 0.4) is 0 Å². The van der Waals surface area contributed by atoms with Crippen molar-refractivity contribution in [2.45, 2.75) is 57.5 Å². The Balaban J connectivity index is 1.34. The molecule has 2 unspecified atom stereocenters. The van der Waals surface area contributed by atoms with Gasteiger partial charge >= 0.3 is 0 Å². The highest BCUT2D eigenvalue weighted by molar-refractivity contribution is 6.33. The lowest BCUT2D eigenvalue weighted by molar-refractivity contribution is -0.122. The zero-order valence-corrected chi connectivity index (χ0v) is 19.8. The molecule has 10 heteroatoms. The molecular weight excluding hydrogens is 458 g/mol. The number of hydrogen-bond donors (Lipinski definition) is 2. The second-order valence-electron chi connectivity index (χ2n) is 8.97. The standard InChI is InChI=1S/C24H28ClN5O4/c1-14(31)27-18-6-9-34-21(11-18)30-13-16-3-2-15(10-19(16)23(30)32)22-20(25)12-26-24(29-22)28-17-4-7-33-8-5-17/h2-3,10,12,17-18,21H,4-9,11,13H2,1H3,(H,27,31)(H,26,28,29). The number of benzene rings is 1. The first kappa shape index (κ1) is 23.0. The van der Waals surface area contributed by atoms with Gasteiger partial charge in [-0.25, -0.2) is 9.97 Å². The average molecular weight is 486 g/mol. The molecule has 2 N–H and O–H groups in total. The number of carbonyl (C=O) groups excluding carboxylic acids is 2. The molecule has 3 aliphatic heterocycles. The van der Waals surface area contributed by atoms with E-state index in [-0.39, 0.29) is 30.1 Å². The van der Waals surface area contributed by atoms with Crippen LogP contribution in [0.2, 0.25) is 5.02 Å². The van der Waals surface area contributed by atoms with Gasteiger partial charge in [0.1, 0.15) is 6.23 Å². The highest BCUT2D eigenvalue weighted by Gasteiger charge is 2.36. The maximum Gasteiger partial charge on any atom is 0.256 e. The topological polar surface area (TPSA) is 106 Å². The fourth-order valence-electron chi connectivity index (χ4n) is 4.78. The number of ether oxygens (including phenoxy) is 2. The van der Waals surface area contributed by atoms with Crippen LogP contribution in [-0.4, -0.2) is 64.8 Å². The van der Waals surface area contributed by atoms with E-state index in [1.807, 2.05) is 18.2 Å². The second-order valence-corrected chi connectivity index (χ2v) is 9.38. The molecule has 2 atom stereocenters. The number of nitrogens with zero attached hydrogens (tertiary/aromatic N) is 3. The van der Waals surface area contributed by atoms with E-state index in [9.17, 15) is 9.59 Å². The third kappa shape index (κ3) is 4.87. The van der Waals surface area contributed by atoms with Gasteiger partial charge in [0, 0.05) is 56.3 Å². The first-order chi connectivity index (χ1) is 16.5. The highest BCUT2D eigenvalue weighted by Crippen LogP contribution is 2.33. The van der Waals surface area contributed by atoms with E-state index in [2.05, 4.69) is 20.6 Å². The molecule has 9 nitrogen and oxygen atoms in total. The molecule has 3 aliphatic rings. The molecule has 34 heavy (non-hydrogen) atoms. The Kier molecular flexibility index (Phi) is 6.67. The Morgan fingerprint density at radius 1 is 1.18 bits per heavy atom. The zero-order valence-electron chi connectivity index (χ0n) is 19.1. The molecule has 1 aromatic heterocycles. The van der Waals surface area contributed by atoms with Gasteiger partial charge in [-0.1, -0.05) is 23.7 Å². The number of carbonyl (C=O) groups is 2. The molecular formula is C24H28ClN5O4. The molecule has 5 rings (SSSR count). The summed E-state index contributed by atoms with van der Waals surface area (Å²) in [6, 6.07) is 5.99. The number of nitrogens with one attached hydrogen (secondary N) is 2. The smallest absolute Gasteiger partial charge is 0.256 e. The fraction of sp³-hybridized carbons (Fsp3) is 0.500. The van der Waals surface area contributed by atoms with E-state index >= 15 is 0 Å². The number of hydrogen-bond acceptors (Lipinski definition) is 7. The minimum absolute atomic E-state index is 0.00444. The fourth-order valence-corrected chi connectivity index (χ4v) is 4.98. The molecule has 2 amide bonds. The summed E-state index contributed by atoms with van der Waals surface area (Å²) in [4.78, 5) is 35.5. The predicted molar refractivity (Wildman–Crippen MR) is 126 cm³/mol. The second kappa shape index (κ2) is 9.85. The number of fused-ring (bicyclic) bond motifs is 1. The lowest BCUT2D eigenvalue weighted by atomic mass is 10.0. The van der Waals surface area contributed by atoms with Crippen molar-refractivity contribution in [3.05, 3.63) is 40.5 Å². The summed E-state index contributed by atoms with van der Waals surface area (Å²) >= 11 is 6.45. The van der Waals surface area contributed by atoms with Crippen molar-refractivity contribution in [2.24, 2.45) is 0 Å². The Hall–Kier alpha value is -2.75. The molecule has 0 aliphatic carbocycles. The van der Waals surface area contributed by atoms with Gasteiger partial charge in [-0.3, -0.25) is 9.59 Å². The number of amides is 2. The van der Waals surface area contributed by atoms with E-state index in [4.69, 9.17) is 21.1 Å². The van der Waals surface area contributed by atoms with Crippen molar-refractivity contribution in [1.82, 2.24) is 20.2 Å². The maximum absolute atomic E-state index is 13.3. The third-order valence-electron chi connectivity index (χ3n) is 6.53. The molecule has 4 heterocycles. The number of halogens is 1. The lowest BCUT2D eigenvalue weighted by Crippen LogP contribution is -2.48. The molecule has 2 aromatic rings.